The van der Waals surface area contributed by atoms with Crippen LogP contribution in [0.5, 0.6) is 0 Å². The average Bonchev–Trinajstić information content (AvgIpc) is 3.36. The fraction of sp³-hybridized carbons (Fsp3) is 0.0484. The zero-order valence-electron chi connectivity index (χ0n) is 37.2. The molecule has 0 aliphatic heterocycles. The van der Waals surface area contributed by atoms with Crippen molar-refractivity contribution in [3.8, 4) is 22.3 Å². The lowest BCUT2D eigenvalue weighted by molar-refractivity contribution is 1.27. The lowest BCUT2D eigenvalue weighted by Gasteiger charge is -2.20. The molecule has 0 saturated heterocycles. The zero-order valence-corrected chi connectivity index (χ0v) is 37.2. The van der Waals surface area contributed by atoms with Crippen LogP contribution >= 0.6 is 0 Å². The molecule has 0 spiro atoms. The summed E-state index contributed by atoms with van der Waals surface area (Å²) in [6.45, 7) is 19.1. The Hall–Kier alpha value is -8.27. The highest BCUT2D eigenvalue weighted by molar-refractivity contribution is 6.22. The number of fused-ring (bicyclic) bond motifs is 2. The second-order valence-corrected chi connectivity index (χ2v) is 16.0. The Morgan fingerprint density at radius 1 is 0.446 bits per heavy atom. The minimum atomic E-state index is 0.822. The summed E-state index contributed by atoms with van der Waals surface area (Å²) in [5.41, 5.74) is 16.3. The predicted molar refractivity (Wildman–Crippen MR) is 280 cm³/mol. The van der Waals surface area contributed by atoms with Gasteiger partial charge in [0.25, 0.3) is 0 Å². The molecule has 0 fully saturated rings. The number of rotatable bonds is 14. The van der Waals surface area contributed by atoms with Gasteiger partial charge in [0.2, 0.25) is 0 Å². The van der Waals surface area contributed by atoms with E-state index in [9.17, 15) is 0 Å². The van der Waals surface area contributed by atoms with E-state index in [4.69, 9.17) is 0 Å². The van der Waals surface area contributed by atoms with Crippen molar-refractivity contribution in [1.82, 2.24) is 15.0 Å². The van der Waals surface area contributed by atoms with Gasteiger partial charge in [0.1, 0.15) is 0 Å². The SMILES string of the molecule is C=C/C=C\C=C(/C)C(=C)/C=C(\C=C(/C)c1ccccn1)c1ccc2c(-c3ccccc3)c3cc(C(=C/C(=C)c4ccccn4)/C=C(\C)c4ccccn4)ccc3c(-c3ccccc3)c2c1. The summed E-state index contributed by atoms with van der Waals surface area (Å²) in [7, 11) is 0. The van der Waals surface area contributed by atoms with Crippen molar-refractivity contribution in [1.29, 1.82) is 0 Å². The highest BCUT2D eigenvalue weighted by atomic mass is 14.7. The summed E-state index contributed by atoms with van der Waals surface area (Å²) >= 11 is 0. The molecule has 0 amide bonds. The van der Waals surface area contributed by atoms with Gasteiger partial charge in [-0.15, -0.1) is 0 Å². The molecule has 314 valence electrons. The van der Waals surface area contributed by atoms with Gasteiger partial charge < -0.3 is 0 Å². The van der Waals surface area contributed by atoms with Crippen LogP contribution < -0.4 is 0 Å². The number of hydrogen-bond donors (Lipinski definition) is 0. The molecule has 0 aliphatic rings. The number of benzene rings is 5. The fourth-order valence-corrected chi connectivity index (χ4v) is 8.14. The van der Waals surface area contributed by atoms with Gasteiger partial charge in [0.15, 0.2) is 0 Å². The van der Waals surface area contributed by atoms with Crippen molar-refractivity contribution in [2.24, 2.45) is 0 Å². The second kappa shape index (κ2) is 20.3. The fourth-order valence-electron chi connectivity index (χ4n) is 8.14. The van der Waals surface area contributed by atoms with E-state index >= 15 is 0 Å². The van der Waals surface area contributed by atoms with E-state index in [1.165, 1.54) is 11.1 Å². The molecule has 0 atom stereocenters. The minimum absolute atomic E-state index is 0.822. The van der Waals surface area contributed by atoms with Gasteiger partial charge >= 0.3 is 0 Å². The summed E-state index contributed by atoms with van der Waals surface area (Å²) in [6.07, 6.45) is 22.0. The van der Waals surface area contributed by atoms with Crippen molar-refractivity contribution in [3.63, 3.8) is 0 Å². The molecule has 3 nitrogen and oxygen atoms in total. The highest BCUT2D eigenvalue weighted by Crippen LogP contribution is 2.46. The topological polar surface area (TPSA) is 38.7 Å². The van der Waals surface area contributed by atoms with Crippen LogP contribution in [0.15, 0.2) is 250 Å². The van der Waals surface area contributed by atoms with E-state index in [1.807, 2.05) is 73.1 Å². The summed E-state index contributed by atoms with van der Waals surface area (Å²) < 4.78 is 0. The first-order chi connectivity index (χ1) is 31.8. The van der Waals surface area contributed by atoms with Crippen molar-refractivity contribution in [2.75, 3.05) is 0 Å². The maximum Gasteiger partial charge on any atom is 0.0696 e. The van der Waals surface area contributed by atoms with Crippen molar-refractivity contribution in [3.05, 3.63) is 278 Å². The molecular weight excluding hydrogens is 787 g/mol. The third-order valence-electron chi connectivity index (χ3n) is 11.5. The third kappa shape index (κ3) is 10.0. The molecule has 65 heavy (non-hydrogen) atoms. The summed E-state index contributed by atoms with van der Waals surface area (Å²) in [5, 5.41) is 4.61. The first-order valence-electron chi connectivity index (χ1n) is 21.8. The van der Waals surface area contributed by atoms with Crippen molar-refractivity contribution >= 4 is 49.4 Å². The average molecular weight is 838 g/mol. The first kappa shape index (κ1) is 43.4. The van der Waals surface area contributed by atoms with Crippen LogP contribution in [0.1, 0.15) is 49.0 Å². The molecule has 0 radical (unpaired) electrons. The highest BCUT2D eigenvalue weighted by Gasteiger charge is 2.19. The number of allylic oxidation sites excluding steroid dienone is 15. The summed E-state index contributed by atoms with van der Waals surface area (Å²) in [4.78, 5) is 14.0. The van der Waals surface area contributed by atoms with Crippen molar-refractivity contribution < 1.29 is 0 Å². The van der Waals surface area contributed by atoms with Crippen LogP contribution in [0, 0.1) is 0 Å². The molecule has 3 aromatic heterocycles. The van der Waals surface area contributed by atoms with Crippen LogP contribution in [0.3, 0.4) is 0 Å². The van der Waals surface area contributed by atoms with E-state index in [1.54, 1.807) is 12.3 Å². The van der Waals surface area contributed by atoms with Crippen LogP contribution in [0.2, 0.25) is 0 Å². The number of pyridine rings is 3. The smallest absolute Gasteiger partial charge is 0.0696 e. The van der Waals surface area contributed by atoms with E-state index in [2.05, 4.69) is 189 Å². The Morgan fingerprint density at radius 2 is 0.892 bits per heavy atom. The van der Waals surface area contributed by atoms with E-state index in [0.717, 1.165) is 99.9 Å². The van der Waals surface area contributed by atoms with Gasteiger partial charge in [0, 0.05) is 18.6 Å². The van der Waals surface area contributed by atoms with Crippen LogP contribution in [0.4, 0.5) is 0 Å². The molecule has 3 heteroatoms. The molecule has 5 aromatic carbocycles. The number of aromatic nitrogens is 3. The Bertz CT molecular complexity index is 3220. The third-order valence-corrected chi connectivity index (χ3v) is 11.5. The zero-order chi connectivity index (χ0) is 45.1. The Kier molecular flexibility index (Phi) is 13.5. The van der Waals surface area contributed by atoms with Crippen LogP contribution in [-0.4, -0.2) is 15.0 Å². The van der Waals surface area contributed by atoms with Crippen LogP contribution in [-0.2, 0) is 0 Å². The normalized spacial score (nSPS) is 12.8. The molecule has 0 N–H and O–H groups in total. The Balaban J connectivity index is 1.42. The lowest BCUT2D eigenvalue weighted by atomic mass is 9.83. The van der Waals surface area contributed by atoms with Gasteiger partial charge in [-0.05, 0) is 188 Å². The monoisotopic (exact) mass is 837 g/mol. The first-order valence-corrected chi connectivity index (χ1v) is 21.8. The number of hydrogen-bond acceptors (Lipinski definition) is 3. The maximum absolute atomic E-state index is 4.69. The standard InChI is InChI=1S/C62H51N3/c1-7-8-11-22-43(2)44(3)37-52(38-45(4)58-27-16-19-34-63-58)50-30-32-54-56(41-50)61(48-23-12-9-13-24-48)55-33-31-51(42-57(55)62(54)49-25-14-10-15-26-49)53(39-46(5)59-28-17-20-35-64-59)40-47(6)60-29-18-21-36-65-60/h7-42H,1,3,5H2,2,4,6H3/b11-8-,43-22+,45-38+,47-40+,52-37+,53-39+. The molecule has 8 aromatic rings. The molecule has 0 unspecified atom stereocenters. The molecule has 0 aliphatic carbocycles. The van der Waals surface area contributed by atoms with Crippen molar-refractivity contribution in [2.45, 2.75) is 20.8 Å². The summed E-state index contributed by atoms with van der Waals surface area (Å²) in [5.74, 6) is 0. The summed E-state index contributed by atoms with van der Waals surface area (Å²) in [6, 6.07) is 53.2. The van der Waals surface area contributed by atoms with E-state index in [0.29, 0.717) is 0 Å². The van der Waals surface area contributed by atoms with Gasteiger partial charge in [-0.25, -0.2) is 0 Å². The van der Waals surface area contributed by atoms with E-state index < -0.39 is 0 Å². The molecule has 0 bridgehead atoms. The molecule has 8 rings (SSSR count). The largest absolute Gasteiger partial charge is 0.257 e. The lowest BCUT2D eigenvalue weighted by Crippen LogP contribution is -1.95. The van der Waals surface area contributed by atoms with E-state index in [-0.39, 0.29) is 0 Å². The molecular formula is C62H51N3. The second-order valence-electron chi connectivity index (χ2n) is 16.0. The maximum atomic E-state index is 4.69. The minimum Gasteiger partial charge on any atom is -0.257 e. The molecule has 0 saturated carbocycles. The van der Waals surface area contributed by atoms with Gasteiger partial charge in [-0.1, -0.05) is 147 Å². The predicted octanol–water partition coefficient (Wildman–Crippen LogP) is 16.4. The van der Waals surface area contributed by atoms with Gasteiger partial charge in [-0.3, -0.25) is 15.0 Å². The Morgan fingerprint density at radius 3 is 1.34 bits per heavy atom. The van der Waals surface area contributed by atoms with Gasteiger partial charge in [0.05, 0.1) is 17.1 Å². The quantitative estimate of drug-likeness (QED) is 0.0809. The number of nitrogens with zero attached hydrogens (tertiary/aromatic N) is 3. The molecule has 3 heterocycles. The Labute approximate surface area is 383 Å². The van der Waals surface area contributed by atoms with Crippen LogP contribution in [0.25, 0.3) is 71.7 Å². The van der Waals surface area contributed by atoms with Gasteiger partial charge in [-0.2, -0.15) is 0 Å².